The minimum Gasteiger partial charge on any atom is -0.461 e. The highest BCUT2D eigenvalue weighted by molar-refractivity contribution is 9.10. The van der Waals surface area contributed by atoms with Gasteiger partial charge in [0.15, 0.2) is 5.78 Å². The number of benzene rings is 2. The Balaban J connectivity index is 1.85. The van der Waals surface area contributed by atoms with Crippen LogP contribution in [0.4, 0.5) is 0 Å². The van der Waals surface area contributed by atoms with Gasteiger partial charge in [-0.05, 0) is 36.8 Å². The Morgan fingerprint density at radius 1 is 1.08 bits per heavy atom. The zero-order valence-corrected chi connectivity index (χ0v) is 14.6. The van der Waals surface area contributed by atoms with Crippen molar-refractivity contribution in [3.8, 4) is 17.6 Å². The van der Waals surface area contributed by atoms with Crippen LogP contribution in [0.25, 0.3) is 0 Å². The normalized spacial score (nSPS) is 18.9. The number of hydrogen-bond acceptors (Lipinski definition) is 2. The van der Waals surface area contributed by atoms with Gasteiger partial charge in [0.1, 0.15) is 11.5 Å². The Morgan fingerprint density at radius 2 is 1.92 bits per heavy atom. The quantitative estimate of drug-likeness (QED) is 0.604. The van der Waals surface area contributed by atoms with Gasteiger partial charge in [0.05, 0.1) is 11.5 Å². The summed E-state index contributed by atoms with van der Waals surface area (Å²) in [5, 5.41) is 0. The van der Waals surface area contributed by atoms with Crippen molar-refractivity contribution in [3.05, 3.63) is 75.5 Å². The highest BCUT2D eigenvalue weighted by atomic mass is 79.9. The molecule has 3 heteroatoms. The summed E-state index contributed by atoms with van der Waals surface area (Å²) in [6.07, 6.45) is 2.23. The van der Waals surface area contributed by atoms with Crippen LogP contribution in [-0.2, 0) is 4.79 Å². The molecular weight excluding hydrogens is 364 g/mol. The number of Topliss-reactive ketones (excluding diaryl/α,β-unsaturated/α-hetero) is 1. The largest absolute Gasteiger partial charge is 0.461 e. The molecule has 0 unspecified atom stereocenters. The molecule has 1 aliphatic carbocycles. The van der Waals surface area contributed by atoms with E-state index in [1.54, 1.807) is 0 Å². The molecule has 0 bridgehead atoms. The first-order chi connectivity index (χ1) is 11.7. The topological polar surface area (TPSA) is 26.3 Å². The first-order valence-electron chi connectivity index (χ1n) is 8.02. The van der Waals surface area contributed by atoms with Crippen molar-refractivity contribution in [3.63, 3.8) is 0 Å². The molecule has 0 aromatic heterocycles. The Kier molecular flexibility index (Phi) is 4.00. The summed E-state index contributed by atoms with van der Waals surface area (Å²) in [5.41, 5.74) is 2.66. The summed E-state index contributed by atoms with van der Waals surface area (Å²) in [4.78, 5) is 12.5. The van der Waals surface area contributed by atoms with Crippen molar-refractivity contribution in [2.75, 3.05) is 0 Å². The van der Waals surface area contributed by atoms with Crippen LogP contribution in [0, 0.1) is 11.8 Å². The molecule has 0 N–H and O–H groups in total. The first-order valence-corrected chi connectivity index (χ1v) is 8.82. The second-order valence-electron chi connectivity index (χ2n) is 5.97. The van der Waals surface area contributed by atoms with Gasteiger partial charge in [0.25, 0.3) is 0 Å². The summed E-state index contributed by atoms with van der Waals surface area (Å²) >= 11 is 3.51. The molecule has 0 saturated heterocycles. The highest BCUT2D eigenvalue weighted by Gasteiger charge is 2.34. The molecule has 0 fully saturated rings. The Labute approximate surface area is 149 Å². The van der Waals surface area contributed by atoms with Crippen LogP contribution in [0.5, 0.6) is 5.75 Å². The van der Waals surface area contributed by atoms with Crippen molar-refractivity contribution in [2.24, 2.45) is 0 Å². The van der Waals surface area contributed by atoms with Gasteiger partial charge in [-0.15, -0.1) is 0 Å². The number of ketones is 1. The lowest BCUT2D eigenvalue weighted by atomic mass is 9.81. The van der Waals surface area contributed by atoms with Gasteiger partial charge >= 0.3 is 0 Å². The van der Waals surface area contributed by atoms with E-state index in [1.165, 1.54) is 0 Å². The van der Waals surface area contributed by atoms with E-state index in [0.717, 1.165) is 45.5 Å². The molecule has 2 aliphatic rings. The molecule has 1 aliphatic heterocycles. The molecule has 1 atom stereocenters. The monoisotopic (exact) mass is 378 g/mol. The Hall–Kier alpha value is -2.31. The van der Waals surface area contributed by atoms with Crippen LogP contribution in [0.2, 0.25) is 0 Å². The molecule has 24 heavy (non-hydrogen) atoms. The third-order valence-corrected chi connectivity index (χ3v) is 4.84. The maximum Gasteiger partial charge on any atom is 0.163 e. The second-order valence-corrected chi connectivity index (χ2v) is 6.88. The minimum atomic E-state index is -0.228. The summed E-state index contributed by atoms with van der Waals surface area (Å²) in [6.45, 7) is 0. The number of rotatable bonds is 0. The van der Waals surface area contributed by atoms with Crippen molar-refractivity contribution >= 4 is 21.7 Å². The molecule has 0 saturated carbocycles. The van der Waals surface area contributed by atoms with Crippen LogP contribution in [0.15, 0.2) is 64.3 Å². The number of carbonyl (C=O) groups excluding carboxylic acids is 1. The number of hydrogen-bond donors (Lipinski definition) is 0. The first kappa shape index (κ1) is 15.2. The summed E-state index contributed by atoms with van der Waals surface area (Å²) in [6, 6.07) is 15.8. The SMILES string of the molecule is O=C1CCCC2=C1[C@H](C#Cc1ccccc1)c1cc(Br)ccc1O2. The van der Waals surface area contributed by atoms with Gasteiger partial charge < -0.3 is 4.74 Å². The predicted octanol–water partition coefficient (Wildman–Crippen LogP) is 4.98. The van der Waals surface area contributed by atoms with E-state index in [1.807, 2.05) is 48.5 Å². The maximum absolute atomic E-state index is 12.5. The summed E-state index contributed by atoms with van der Waals surface area (Å²) in [5.74, 6) is 8.08. The molecule has 118 valence electrons. The van der Waals surface area contributed by atoms with Crippen LogP contribution in [0.3, 0.4) is 0 Å². The third-order valence-electron chi connectivity index (χ3n) is 4.35. The lowest BCUT2D eigenvalue weighted by molar-refractivity contribution is -0.116. The van der Waals surface area contributed by atoms with Gasteiger partial charge in [-0.2, -0.15) is 0 Å². The van der Waals surface area contributed by atoms with Crippen molar-refractivity contribution in [2.45, 2.75) is 25.2 Å². The standard InChI is InChI=1S/C21H15BrO2/c22-15-10-12-19-17(13-15)16(11-9-14-5-2-1-3-6-14)21-18(23)7-4-8-20(21)24-19/h1-3,5-6,10,12-13,16H,4,7-8H2/t16-/m1/s1. The van der Waals surface area contributed by atoms with E-state index in [0.29, 0.717) is 6.42 Å². The Morgan fingerprint density at radius 3 is 2.75 bits per heavy atom. The average Bonchev–Trinajstić information content (AvgIpc) is 2.60. The molecule has 0 amide bonds. The molecule has 2 nitrogen and oxygen atoms in total. The molecule has 2 aromatic carbocycles. The van der Waals surface area contributed by atoms with Gasteiger partial charge in [-0.1, -0.05) is 46.0 Å². The average molecular weight is 379 g/mol. The fourth-order valence-electron chi connectivity index (χ4n) is 3.22. The van der Waals surface area contributed by atoms with Crippen molar-refractivity contribution in [1.82, 2.24) is 0 Å². The molecule has 2 aromatic rings. The molecule has 1 heterocycles. The lowest BCUT2D eigenvalue weighted by Crippen LogP contribution is -2.24. The number of allylic oxidation sites excluding steroid dienone is 2. The number of ether oxygens (including phenoxy) is 1. The molecule has 0 spiro atoms. The van der Waals surface area contributed by atoms with Crippen LogP contribution < -0.4 is 4.74 Å². The van der Waals surface area contributed by atoms with Crippen LogP contribution >= 0.6 is 15.9 Å². The van der Waals surface area contributed by atoms with Gasteiger partial charge in [0.2, 0.25) is 0 Å². The number of halogens is 1. The van der Waals surface area contributed by atoms with Crippen molar-refractivity contribution in [1.29, 1.82) is 0 Å². The third kappa shape index (κ3) is 2.79. The van der Waals surface area contributed by atoms with E-state index in [-0.39, 0.29) is 11.7 Å². The lowest BCUT2D eigenvalue weighted by Gasteiger charge is -2.30. The van der Waals surface area contributed by atoms with E-state index in [2.05, 4.69) is 27.8 Å². The van der Waals surface area contributed by atoms with Crippen molar-refractivity contribution < 1.29 is 9.53 Å². The van der Waals surface area contributed by atoms with E-state index in [9.17, 15) is 4.79 Å². The molecule has 0 radical (unpaired) electrons. The smallest absolute Gasteiger partial charge is 0.163 e. The van der Waals surface area contributed by atoms with E-state index >= 15 is 0 Å². The number of carbonyl (C=O) groups is 1. The maximum atomic E-state index is 12.5. The minimum absolute atomic E-state index is 0.161. The summed E-state index contributed by atoms with van der Waals surface area (Å²) in [7, 11) is 0. The van der Waals surface area contributed by atoms with Gasteiger partial charge in [0, 0.05) is 28.4 Å². The van der Waals surface area contributed by atoms with Crippen LogP contribution in [0.1, 0.15) is 36.3 Å². The summed E-state index contributed by atoms with van der Waals surface area (Å²) < 4.78 is 6.98. The predicted molar refractivity (Wildman–Crippen MR) is 96.7 cm³/mol. The van der Waals surface area contributed by atoms with E-state index < -0.39 is 0 Å². The fraction of sp³-hybridized carbons (Fsp3) is 0.190. The highest BCUT2D eigenvalue weighted by Crippen LogP contribution is 2.43. The van der Waals surface area contributed by atoms with Gasteiger partial charge in [-0.3, -0.25) is 4.79 Å². The number of fused-ring (bicyclic) bond motifs is 1. The second kappa shape index (κ2) is 6.30. The zero-order chi connectivity index (χ0) is 16.5. The van der Waals surface area contributed by atoms with Gasteiger partial charge in [-0.25, -0.2) is 0 Å². The van der Waals surface area contributed by atoms with Crippen LogP contribution in [-0.4, -0.2) is 5.78 Å². The van der Waals surface area contributed by atoms with E-state index in [4.69, 9.17) is 4.74 Å². The molecule has 4 rings (SSSR count). The zero-order valence-electron chi connectivity index (χ0n) is 13.0. The Bertz CT molecular complexity index is 900. The fourth-order valence-corrected chi connectivity index (χ4v) is 3.59. The molecular formula is C21H15BrO2.